The Morgan fingerprint density at radius 2 is 0.306 bits per heavy atom. The molecule has 147 heavy (non-hydrogen) atoms. The molecule has 684 valence electrons. The quantitative estimate of drug-likeness (QED) is 0.129. The molecular weight excluding hydrogens is 1790 g/mol. The van der Waals surface area contributed by atoms with Gasteiger partial charge in [0.1, 0.15) is 5.82 Å². The lowest BCUT2D eigenvalue weighted by Gasteiger charge is -2.15. The second-order valence-corrected chi connectivity index (χ2v) is 39.4. The van der Waals surface area contributed by atoms with E-state index in [-0.39, 0.29) is 5.82 Å². The summed E-state index contributed by atoms with van der Waals surface area (Å²) >= 11 is 0. The number of hydrogen-bond donors (Lipinski definition) is 0. The van der Waals surface area contributed by atoms with Gasteiger partial charge in [0.2, 0.25) is 0 Å². The van der Waals surface area contributed by atoms with Crippen LogP contribution in [-0.2, 0) is 0 Å². The first-order chi connectivity index (χ1) is 72.8. The zero-order valence-electron chi connectivity index (χ0n) is 79.7. The van der Waals surface area contributed by atoms with Crippen molar-refractivity contribution in [3.8, 4) is 51.2 Å². The smallest absolute Gasteiger partial charge is 0.123 e. The molecule has 9 nitrogen and oxygen atoms in total. The van der Waals surface area contributed by atoms with Crippen LogP contribution < -0.4 is 0 Å². The maximum atomic E-state index is 14.2. The van der Waals surface area contributed by atoms with Gasteiger partial charge < -0.3 is 41.1 Å². The van der Waals surface area contributed by atoms with Gasteiger partial charge in [-0.3, -0.25) is 0 Å². The second kappa shape index (κ2) is 31.0. The minimum atomic E-state index is -0.242. The molecule has 0 amide bonds. The molecule has 0 unspecified atom stereocenters. The molecule has 0 bridgehead atoms. The van der Waals surface area contributed by atoms with Crippen LogP contribution in [-0.4, -0.2) is 41.1 Å². The van der Waals surface area contributed by atoms with Crippen LogP contribution in [0.3, 0.4) is 0 Å². The summed E-state index contributed by atoms with van der Waals surface area (Å²) in [5.41, 5.74) is 33.2. The van der Waals surface area contributed by atoms with Gasteiger partial charge in [-0.25, -0.2) is 4.39 Å². The number of fused-ring (bicyclic) bond motifs is 19. The van der Waals surface area contributed by atoms with Crippen LogP contribution in [0.5, 0.6) is 0 Å². The second-order valence-electron chi connectivity index (χ2n) is 39.4. The van der Waals surface area contributed by atoms with E-state index in [1.807, 2.05) is 12.1 Å². The standard InChI is InChI=1S/C48H29N3.C45H29N3.C44H26FN3/c1-2-12-31-29-32(22-21-30(31)11-1)49-45-27-25-43(50-39-17-7-3-13-33(39)34-14-4-8-18-40(34)50)37-23-24-38-44(26-28-46(49)48(38)47(37)45)51-41-19-9-5-15-35(41)36-16-6-10-20-42(36)51;1-28-18-20-29(21-19-28)46-42-26-24-40(47-36-14-6-2-10-30(36)31-11-3-7-15-37(31)47)34-22-23-35-41(25-27-43(46)45(35)44(34)42)48-38-16-8-4-12-32(38)33-13-5-9-17-39(33)48;45-27-17-19-28(20-18-27)46-41-25-23-39(47-35-13-5-1-9-29(35)30-10-2-6-14-36(30)47)33-21-22-34-40(24-26-42(46)44(34)43(33)41)48-37-15-7-3-11-31(37)32-12-4-8-16-38(32)48/h1-29H;2-27H,1H3;1-26H. The Morgan fingerprint density at radius 3 is 0.524 bits per heavy atom. The van der Waals surface area contributed by atoms with Gasteiger partial charge in [0.15, 0.2) is 0 Å². The largest absolute Gasteiger partial charge is 0.309 e. The van der Waals surface area contributed by atoms with Crippen molar-refractivity contribution in [2.45, 2.75) is 6.92 Å². The average molecular weight is 1880 g/mol. The highest BCUT2D eigenvalue weighted by Gasteiger charge is 2.31. The number of hydrogen-bond acceptors (Lipinski definition) is 0. The van der Waals surface area contributed by atoms with Crippen LogP contribution in [0.2, 0.25) is 0 Å². The number of halogens is 1. The molecule has 0 N–H and O–H groups in total. The van der Waals surface area contributed by atoms with E-state index < -0.39 is 0 Å². The van der Waals surface area contributed by atoms with Gasteiger partial charge in [0.05, 0.1) is 133 Å². The monoisotopic (exact) mass is 1870 g/mol. The van der Waals surface area contributed by atoms with E-state index >= 15 is 0 Å². The van der Waals surface area contributed by atoms with Gasteiger partial charge in [-0.1, -0.05) is 303 Å². The fourth-order valence-corrected chi connectivity index (χ4v) is 25.9. The number of nitrogens with zero attached hydrogens (tertiary/aromatic N) is 9. The molecule has 34 aromatic rings. The van der Waals surface area contributed by atoms with Crippen molar-refractivity contribution >= 4 is 239 Å². The summed E-state index contributed by atoms with van der Waals surface area (Å²) in [6.07, 6.45) is 0. The van der Waals surface area contributed by atoms with Crippen molar-refractivity contribution in [3.63, 3.8) is 0 Å². The van der Waals surface area contributed by atoms with E-state index in [0.29, 0.717) is 0 Å². The van der Waals surface area contributed by atoms with Crippen molar-refractivity contribution in [3.05, 3.63) is 503 Å². The molecule has 0 aliphatic rings. The van der Waals surface area contributed by atoms with Crippen molar-refractivity contribution in [1.82, 2.24) is 41.1 Å². The molecule has 0 aliphatic heterocycles. The van der Waals surface area contributed by atoms with Gasteiger partial charge in [0, 0.05) is 146 Å². The molecule has 34 rings (SSSR count). The van der Waals surface area contributed by atoms with E-state index in [0.717, 1.165) is 28.1 Å². The Balaban J connectivity index is 0.0000000980. The predicted octanol–water partition coefficient (Wildman–Crippen LogP) is 36.3. The third-order valence-corrected chi connectivity index (χ3v) is 31.9. The summed E-state index contributed by atoms with van der Waals surface area (Å²) in [6.45, 7) is 2.15. The zero-order valence-corrected chi connectivity index (χ0v) is 79.7. The number of benzene rings is 25. The summed E-state index contributed by atoms with van der Waals surface area (Å²) in [4.78, 5) is 0. The summed E-state index contributed by atoms with van der Waals surface area (Å²) in [5.74, 6) is -0.242. The number of aromatic nitrogens is 9. The molecule has 9 aromatic heterocycles. The van der Waals surface area contributed by atoms with Gasteiger partial charge in [-0.15, -0.1) is 0 Å². The highest BCUT2D eigenvalue weighted by Crippen LogP contribution is 2.52. The molecule has 0 saturated carbocycles. The molecule has 0 aliphatic carbocycles. The van der Waals surface area contributed by atoms with E-state index in [1.165, 1.54) is 268 Å². The molecule has 0 saturated heterocycles. The first-order valence-electron chi connectivity index (χ1n) is 50.6. The normalized spacial score (nSPS) is 12.3. The van der Waals surface area contributed by atoms with Crippen LogP contribution >= 0.6 is 0 Å². The molecule has 10 heteroatoms. The van der Waals surface area contributed by atoms with Crippen LogP contribution in [0, 0.1) is 12.7 Å². The fraction of sp³-hybridized carbons (Fsp3) is 0.00730. The van der Waals surface area contributed by atoms with Gasteiger partial charge in [-0.05, 0) is 212 Å². The third kappa shape index (κ3) is 11.5. The van der Waals surface area contributed by atoms with Crippen molar-refractivity contribution in [2.75, 3.05) is 0 Å². The van der Waals surface area contributed by atoms with Gasteiger partial charge in [0.25, 0.3) is 0 Å². The number of para-hydroxylation sites is 12. The Morgan fingerprint density at radius 1 is 0.129 bits per heavy atom. The average Bonchev–Trinajstić information content (AvgIpc) is 1.54. The molecule has 0 atom stereocenters. The summed E-state index contributed by atoms with van der Waals surface area (Å²) < 4.78 is 36.1. The van der Waals surface area contributed by atoms with Crippen LogP contribution in [0.15, 0.2) is 491 Å². The van der Waals surface area contributed by atoms with Crippen LogP contribution in [0.4, 0.5) is 4.39 Å². The molecule has 25 aromatic carbocycles. The van der Waals surface area contributed by atoms with Crippen LogP contribution in [0.25, 0.3) is 291 Å². The Labute approximate surface area is 839 Å². The van der Waals surface area contributed by atoms with E-state index in [2.05, 4.69) is 515 Å². The third-order valence-electron chi connectivity index (χ3n) is 31.9. The first kappa shape index (κ1) is 81.2. The Bertz CT molecular complexity index is 10200. The number of rotatable bonds is 9. The van der Waals surface area contributed by atoms with Gasteiger partial charge in [-0.2, -0.15) is 0 Å². The van der Waals surface area contributed by atoms with Crippen LogP contribution in [0.1, 0.15) is 5.56 Å². The maximum absolute atomic E-state index is 14.2. The SMILES string of the molecule is Cc1ccc(-n2c3ccc(-n4c5ccccc5c5ccccc54)c4ccc5c(-n6c7ccccc7c7ccccc76)ccc2c5c43)cc1.Fc1ccc(-n2c3ccc(-n4c5ccccc5c5ccccc54)c4ccc5c(-n6c7ccccc7c7ccccc76)ccc2c5c43)cc1.c1ccc2cc(-n3c4ccc(-n5c6ccccc6c6ccccc65)c5ccc6c(-n7c8ccccc8c8ccccc87)ccc3c6c54)ccc2c1. The zero-order chi connectivity index (χ0) is 96.2. The maximum Gasteiger partial charge on any atom is 0.123 e. The fourth-order valence-electron chi connectivity index (χ4n) is 25.9. The molecule has 0 radical (unpaired) electrons. The lowest BCUT2D eigenvalue weighted by Crippen LogP contribution is -1.97. The number of aryl methyl sites for hydroxylation is 1. The Hall–Kier alpha value is -19.6. The van der Waals surface area contributed by atoms with Gasteiger partial charge >= 0.3 is 0 Å². The first-order valence-corrected chi connectivity index (χ1v) is 50.6. The van der Waals surface area contributed by atoms with E-state index in [9.17, 15) is 4.39 Å². The molecule has 9 heterocycles. The summed E-state index contributed by atoms with van der Waals surface area (Å²) in [6, 6.07) is 178. The van der Waals surface area contributed by atoms with Crippen molar-refractivity contribution in [2.24, 2.45) is 0 Å². The van der Waals surface area contributed by atoms with E-state index in [1.54, 1.807) is 12.1 Å². The highest BCUT2D eigenvalue weighted by atomic mass is 19.1. The molecule has 0 fully saturated rings. The molecular formula is C137H84FN9. The summed E-state index contributed by atoms with van der Waals surface area (Å²) in [7, 11) is 0. The van der Waals surface area contributed by atoms with Crippen molar-refractivity contribution < 1.29 is 4.39 Å². The predicted molar refractivity (Wildman–Crippen MR) is 617 cm³/mol. The van der Waals surface area contributed by atoms with E-state index in [4.69, 9.17) is 0 Å². The molecule has 0 spiro atoms. The van der Waals surface area contributed by atoms with Crippen molar-refractivity contribution in [1.29, 1.82) is 0 Å². The minimum Gasteiger partial charge on any atom is -0.309 e. The minimum absolute atomic E-state index is 0.242. The lowest BCUT2D eigenvalue weighted by molar-refractivity contribution is 0.627. The highest BCUT2D eigenvalue weighted by molar-refractivity contribution is 6.32. The summed E-state index contributed by atoms with van der Waals surface area (Å²) in [5, 5.41) is 32.6. The topological polar surface area (TPSA) is 44.4 Å². The Kier molecular flexibility index (Phi) is 17.1. The lowest BCUT2D eigenvalue weighted by atomic mass is 9.99.